The van der Waals surface area contributed by atoms with E-state index in [0.717, 1.165) is 5.56 Å². The Bertz CT molecular complexity index is 635. The van der Waals surface area contributed by atoms with Crippen LogP contribution in [0.15, 0.2) is 48.7 Å². The molecule has 0 bridgehead atoms. The fourth-order valence-corrected chi connectivity index (χ4v) is 2.18. The zero-order chi connectivity index (χ0) is 17.9. The van der Waals surface area contributed by atoms with E-state index in [2.05, 4.69) is 15.6 Å². The number of ether oxygens (including phenoxy) is 2. The molecule has 3 N–H and O–H groups in total. The monoisotopic (exact) mass is 345 g/mol. The van der Waals surface area contributed by atoms with E-state index in [1.54, 1.807) is 19.2 Å². The van der Waals surface area contributed by atoms with Crippen LogP contribution in [0.4, 0.5) is 10.5 Å². The number of hydrogen-bond acceptors (Lipinski definition) is 5. The molecule has 134 valence electrons. The highest BCUT2D eigenvalue weighted by atomic mass is 16.5. The van der Waals surface area contributed by atoms with E-state index < -0.39 is 6.03 Å². The number of carbonyl (C=O) groups excluding carboxylic acids is 1. The van der Waals surface area contributed by atoms with Crippen LogP contribution in [0.5, 0.6) is 5.88 Å². The third kappa shape index (κ3) is 6.78. The molecule has 1 aromatic heterocycles. The molecular weight excluding hydrogens is 322 g/mol. The molecule has 1 heterocycles. The average Bonchev–Trinajstić information content (AvgIpc) is 2.63. The normalized spacial score (nSPS) is 11.6. The van der Waals surface area contributed by atoms with Crippen molar-refractivity contribution in [2.24, 2.45) is 0 Å². The predicted octanol–water partition coefficient (Wildman–Crippen LogP) is 1.83. The molecule has 0 fully saturated rings. The number of aliphatic hydroxyl groups is 1. The number of rotatable bonds is 9. The Morgan fingerprint density at radius 3 is 2.64 bits per heavy atom. The summed E-state index contributed by atoms with van der Waals surface area (Å²) in [7, 11) is 1.60. The zero-order valence-corrected chi connectivity index (χ0v) is 14.1. The van der Waals surface area contributed by atoms with E-state index in [9.17, 15) is 9.90 Å². The molecule has 0 aliphatic heterocycles. The van der Waals surface area contributed by atoms with Gasteiger partial charge in [-0.1, -0.05) is 30.3 Å². The molecule has 7 nitrogen and oxygen atoms in total. The van der Waals surface area contributed by atoms with Gasteiger partial charge in [-0.25, -0.2) is 9.78 Å². The van der Waals surface area contributed by atoms with Crippen molar-refractivity contribution >= 4 is 11.7 Å². The maximum absolute atomic E-state index is 12.1. The lowest BCUT2D eigenvalue weighted by Gasteiger charge is -2.17. The van der Waals surface area contributed by atoms with Crippen LogP contribution in [0.2, 0.25) is 0 Å². The lowest BCUT2D eigenvalue weighted by molar-refractivity contribution is 0.144. The van der Waals surface area contributed by atoms with Crippen molar-refractivity contribution < 1.29 is 19.4 Å². The Labute approximate surface area is 147 Å². The Balaban J connectivity index is 1.82. The lowest BCUT2D eigenvalue weighted by atomic mass is 10.1. The maximum Gasteiger partial charge on any atom is 0.319 e. The Hall–Kier alpha value is -2.64. The van der Waals surface area contributed by atoms with Gasteiger partial charge >= 0.3 is 6.03 Å². The van der Waals surface area contributed by atoms with E-state index >= 15 is 0 Å². The second-order valence-electron chi connectivity index (χ2n) is 5.39. The number of hydrogen-bond donors (Lipinski definition) is 3. The average molecular weight is 345 g/mol. The summed E-state index contributed by atoms with van der Waals surface area (Å²) < 4.78 is 10.2. The summed E-state index contributed by atoms with van der Waals surface area (Å²) in [5.41, 5.74) is 1.58. The lowest BCUT2D eigenvalue weighted by Crippen LogP contribution is -2.41. The molecule has 7 heteroatoms. The molecule has 0 aliphatic rings. The molecule has 25 heavy (non-hydrogen) atoms. The molecule has 0 saturated heterocycles. The van der Waals surface area contributed by atoms with Gasteiger partial charge in [0.05, 0.1) is 31.1 Å². The SMILES string of the molecule is COCCOc1ccc(NC(=O)N[C@@H](CO)Cc2ccccc2)cn1. The first kappa shape index (κ1) is 18.7. The van der Waals surface area contributed by atoms with Crippen LogP contribution in [-0.2, 0) is 11.2 Å². The minimum atomic E-state index is -0.398. The third-order valence-corrected chi connectivity index (χ3v) is 3.41. The second kappa shape index (κ2) is 10.3. The van der Waals surface area contributed by atoms with Crippen molar-refractivity contribution in [1.82, 2.24) is 10.3 Å². The van der Waals surface area contributed by atoms with Crippen LogP contribution in [0.25, 0.3) is 0 Å². The molecule has 0 unspecified atom stereocenters. The third-order valence-electron chi connectivity index (χ3n) is 3.41. The highest BCUT2D eigenvalue weighted by molar-refractivity contribution is 5.89. The number of pyridine rings is 1. The minimum Gasteiger partial charge on any atom is -0.475 e. The Morgan fingerprint density at radius 2 is 2.00 bits per heavy atom. The van der Waals surface area contributed by atoms with Crippen LogP contribution < -0.4 is 15.4 Å². The van der Waals surface area contributed by atoms with Gasteiger partial charge in [-0.15, -0.1) is 0 Å². The molecule has 0 aliphatic carbocycles. The van der Waals surface area contributed by atoms with Crippen LogP contribution in [0.1, 0.15) is 5.56 Å². The van der Waals surface area contributed by atoms with Gasteiger partial charge in [0.15, 0.2) is 0 Å². The van der Waals surface area contributed by atoms with Crippen molar-refractivity contribution in [3.8, 4) is 5.88 Å². The number of nitrogens with zero attached hydrogens (tertiary/aromatic N) is 1. The van der Waals surface area contributed by atoms with Gasteiger partial charge in [-0.3, -0.25) is 0 Å². The van der Waals surface area contributed by atoms with E-state index in [0.29, 0.717) is 31.2 Å². The first-order chi connectivity index (χ1) is 12.2. The van der Waals surface area contributed by atoms with Gasteiger partial charge in [0.25, 0.3) is 0 Å². The zero-order valence-electron chi connectivity index (χ0n) is 14.1. The molecule has 2 amide bonds. The molecular formula is C18H23N3O4. The molecule has 0 radical (unpaired) electrons. The summed E-state index contributed by atoms with van der Waals surface area (Å²) in [6, 6.07) is 12.3. The Morgan fingerprint density at radius 1 is 1.20 bits per heavy atom. The van der Waals surface area contributed by atoms with Crippen molar-refractivity contribution in [2.45, 2.75) is 12.5 Å². The largest absolute Gasteiger partial charge is 0.475 e. The van der Waals surface area contributed by atoms with Gasteiger partial charge in [0.1, 0.15) is 6.61 Å². The number of aliphatic hydroxyl groups excluding tert-OH is 1. The predicted molar refractivity (Wildman–Crippen MR) is 94.8 cm³/mol. The maximum atomic E-state index is 12.1. The number of nitrogens with one attached hydrogen (secondary N) is 2. The van der Waals surface area contributed by atoms with E-state index in [1.165, 1.54) is 6.20 Å². The van der Waals surface area contributed by atoms with E-state index in [-0.39, 0.29) is 12.6 Å². The van der Waals surface area contributed by atoms with Crippen molar-refractivity contribution in [1.29, 1.82) is 0 Å². The van der Waals surface area contributed by atoms with Gasteiger partial charge in [0.2, 0.25) is 5.88 Å². The van der Waals surface area contributed by atoms with E-state index in [1.807, 2.05) is 30.3 Å². The molecule has 2 rings (SSSR count). The number of urea groups is 1. The highest BCUT2D eigenvalue weighted by Crippen LogP contribution is 2.11. The van der Waals surface area contributed by atoms with Crippen molar-refractivity contribution in [2.75, 3.05) is 32.2 Å². The number of amides is 2. The number of anilines is 1. The summed E-state index contributed by atoms with van der Waals surface area (Å²) in [6.45, 7) is 0.745. The van der Waals surface area contributed by atoms with Crippen LogP contribution in [0, 0.1) is 0 Å². The topological polar surface area (TPSA) is 92.7 Å². The first-order valence-electron chi connectivity index (χ1n) is 8.01. The number of aromatic nitrogens is 1. The smallest absolute Gasteiger partial charge is 0.319 e. The quantitative estimate of drug-likeness (QED) is 0.603. The highest BCUT2D eigenvalue weighted by Gasteiger charge is 2.12. The van der Waals surface area contributed by atoms with Crippen molar-refractivity contribution in [3.05, 3.63) is 54.2 Å². The van der Waals surface area contributed by atoms with Crippen LogP contribution in [0.3, 0.4) is 0 Å². The first-order valence-corrected chi connectivity index (χ1v) is 8.01. The van der Waals surface area contributed by atoms with Gasteiger partial charge in [0, 0.05) is 13.2 Å². The summed E-state index contributed by atoms with van der Waals surface area (Å²) in [5.74, 6) is 0.459. The summed E-state index contributed by atoms with van der Waals surface area (Å²) in [4.78, 5) is 16.2. The second-order valence-corrected chi connectivity index (χ2v) is 5.39. The molecule has 1 atom stereocenters. The fourth-order valence-electron chi connectivity index (χ4n) is 2.18. The number of carbonyl (C=O) groups is 1. The summed E-state index contributed by atoms with van der Waals surface area (Å²) in [6.07, 6.45) is 2.06. The van der Waals surface area contributed by atoms with Gasteiger partial charge < -0.3 is 25.2 Å². The fraction of sp³-hybridized carbons (Fsp3) is 0.333. The molecule has 2 aromatic rings. The molecule has 1 aromatic carbocycles. The van der Waals surface area contributed by atoms with Crippen molar-refractivity contribution in [3.63, 3.8) is 0 Å². The molecule has 0 saturated carbocycles. The van der Waals surface area contributed by atoms with Gasteiger partial charge in [-0.2, -0.15) is 0 Å². The Kier molecular flexibility index (Phi) is 7.68. The minimum absolute atomic E-state index is 0.146. The van der Waals surface area contributed by atoms with E-state index in [4.69, 9.17) is 9.47 Å². The van der Waals surface area contributed by atoms with Crippen LogP contribution in [-0.4, -0.2) is 49.1 Å². The standard InChI is InChI=1S/C18H23N3O4/c1-24-9-10-25-17-8-7-15(12-19-17)20-18(23)21-16(13-22)11-14-5-3-2-4-6-14/h2-8,12,16,22H,9-11,13H2,1H3,(H2,20,21,23)/t16-/m1/s1. The summed E-state index contributed by atoms with van der Waals surface area (Å²) in [5, 5.41) is 14.9. The van der Waals surface area contributed by atoms with Gasteiger partial charge in [-0.05, 0) is 18.1 Å². The number of benzene rings is 1. The van der Waals surface area contributed by atoms with Crippen LogP contribution >= 0.6 is 0 Å². The summed E-state index contributed by atoms with van der Waals surface area (Å²) >= 11 is 0. The number of methoxy groups -OCH3 is 1. The molecule has 0 spiro atoms.